The number of hydrogen-bond acceptors (Lipinski definition) is 3. The molecule has 2 N–H and O–H groups in total. The fourth-order valence-electron chi connectivity index (χ4n) is 1.77. The average Bonchev–Trinajstić information content (AvgIpc) is 2.94. The van der Waals surface area contributed by atoms with Crippen molar-refractivity contribution in [3.63, 3.8) is 0 Å². The molecule has 0 saturated heterocycles. The Hall–Kier alpha value is -0.870. The summed E-state index contributed by atoms with van der Waals surface area (Å²) < 4.78 is 0. The molecule has 1 aliphatic carbocycles. The zero-order valence-corrected chi connectivity index (χ0v) is 10.9. The Morgan fingerprint density at radius 1 is 1.65 bits per heavy atom. The van der Waals surface area contributed by atoms with Gasteiger partial charge in [-0.2, -0.15) is 11.3 Å². The van der Waals surface area contributed by atoms with Gasteiger partial charge in [-0.15, -0.1) is 0 Å². The molecule has 1 unspecified atom stereocenters. The van der Waals surface area contributed by atoms with Crippen molar-refractivity contribution >= 4 is 17.2 Å². The number of aliphatic hydroxyl groups is 1. The maximum Gasteiger partial charge on any atom is 0.220 e. The van der Waals surface area contributed by atoms with E-state index in [2.05, 4.69) is 5.32 Å². The van der Waals surface area contributed by atoms with Gasteiger partial charge in [-0.05, 0) is 41.7 Å². The first-order chi connectivity index (χ1) is 8.08. The summed E-state index contributed by atoms with van der Waals surface area (Å²) in [6.07, 6.45) is 4.14. The SMILES string of the molecule is CC(O)(CNC(=O)CCC1CC1)c1ccsc1. The van der Waals surface area contributed by atoms with Crippen molar-refractivity contribution in [2.24, 2.45) is 5.92 Å². The minimum absolute atomic E-state index is 0.0485. The van der Waals surface area contributed by atoms with E-state index in [1.54, 1.807) is 18.3 Å². The summed E-state index contributed by atoms with van der Waals surface area (Å²) in [6.45, 7) is 2.02. The Labute approximate surface area is 106 Å². The minimum atomic E-state index is -0.963. The van der Waals surface area contributed by atoms with Crippen LogP contribution in [0.3, 0.4) is 0 Å². The normalized spacial score (nSPS) is 18.7. The molecule has 94 valence electrons. The molecule has 0 radical (unpaired) electrons. The highest BCUT2D eigenvalue weighted by Crippen LogP contribution is 2.33. The van der Waals surface area contributed by atoms with Gasteiger partial charge in [-0.1, -0.05) is 12.8 Å². The van der Waals surface area contributed by atoms with Gasteiger partial charge in [0.1, 0.15) is 5.60 Å². The molecule has 1 fully saturated rings. The second kappa shape index (κ2) is 5.19. The van der Waals surface area contributed by atoms with Crippen LogP contribution in [0.2, 0.25) is 0 Å². The van der Waals surface area contributed by atoms with E-state index >= 15 is 0 Å². The molecular weight excluding hydrogens is 234 g/mol. The number of hydrogen-bond donors (Lipinski definition) is 2. The van der Waals surface area contributed by atoms with Crippen LogP contribution < -0.4 is 5.32 Å². The quantitative estimate of drug-likeness (QED) is 0.817. The van der Waals surface area contributed by atoms with Gasteiger partial charge in [0.15, 0.2) is 0 Å². The number of nitrogens with one attached hydrogen (secondary N) is 1. The third kappa shape index (κ3) is 3.82. The van der Waals surface area contributed by atoms with Crippen molar-refractivity contribution in [2.45, 2.75) is 38.2 Å². The van der Waals surface area contributed by atoms with Gasteiger partial charge in [-0.25, -0.2) is 0 Å². The van der Waals surface area contributed by atoms with Crippen LogP contribution in [0.4, 0.5) is 0 Å². The van der Waals surface area contributed by atoms with Crippen LogP contribution in [0, 0.1) is 5.92 Å². The van der Waals surface area contributed by atoms with Gasteiger partial charge in [0.05, 0.1) is 6.54 Å². The highest BCUT2D eigenvalue weighted by molar-refractivity contribution is 7.08. The van der Waals surface area contributed by atoms with Gasteiger partial charge in [0.25, 0.3) is 0 Å². The van der Waals surface area contributed by atoms with Gasteiger partial charge in [0, 0.05) is 6.42 Å². The summed E-state index contributed by atoms with van der Waals surface area (Å²) in [6, 6.07) is 1.89. The maximum atomic E-state index is 11.6. The molecular formula is C13H19NO2S. The third-order valence-electron chi connectivity index (χ3n) is 3.25. The van der Waals surface area contributed by atoms with Crippen molar-refractivity contribution in [2.75, 3.05) is 6.54 Å². The van der Waals surface area contributed by atoms with Crippen LogP contribution in [0.15, 0.2) is 16.8 Å². The molecule has 1 aromatic heterocycles. The van der Waals surface area contributed by atoms with Crippen LogP contribution in [-0.4, -0.2) is 17.6 Å². The molecule has 1 saturated carbocycles. The van der Waals surface area contributed by atoms with Crippen molar-refractivity contribution in [1.29, 1.82) is 0 Å². The monoisotopic (exact) mass is 253 g/mol. The van der Waals surface area contributed by atoms with Crippen LogP contribution in [0.5, 0.6) is 0 Å². The van der Waals surface area contributed by atoms with Gasteiger partial charge < -0.3 is 10.4 Å². The lowest BCUT2D eigenvalue weighted by Crippen LogP contribution is -2.38. The fraction of sp³-hybridized carbons (Fsp3) is 0.615. The summed E-state index contributed by atoms with van der Waals surface area (Å²) in [5.41, 5.74) is -0.0973. The molecule has 0 aromatic carbocycles. The van der Waals surface area contributed by atoms with E-state index < -0.39 is 5.60 Å². The van der Waals surface area contributed by atoms with Gasteiger partial charge in [-0.3, -0.25) is 4.79 Å². The lowest BCUT2D eigenvalue weighted by atomic mass is 9.99. The number of thiophene rings is 1. The van der Waals surface area contributed by atoms with E-state index in [-0.39, 0.29) is 12.5 Å². The molecule has 4 heteroatoms. The van der Waals surface area contributed by atoms with Crippen molar-refractivity contribution in [1.82, 2.24) is 5.32 Å². The Morgan fingerprint density at radius 3 is 3.00 bits per heavy atom. The van der Waals surface area contributed by atoms with E-state index in [4.69, 9.17) is 0 Å². The van der Waals surface area contributed by atoms with E-state index in [0.29, 0.717) is 6.42 Å². The molecule has 17 heavy (non-hydrogen) atoms. The van der Waals surface area contributed by atoms with E-state index in [1.165, 1.54) is 12.8 Å². The van der Waals surface area contributed by atoms with Crippen molar-refractivity contribution in [3.8, 4) is 0 Å². The topological polar surface area (TPSA) is 49.3 Å². The van der Waals surface area contributed by atoms with Gasteiger partial charge >= 0.3 is 0 Å². The number of amides is 1. The van der Waals surface area contributed by atoms with Crippen LogP contribution in [0.1, 0.15) is 38.2 Å². The summed E-state index contributed by atoms with van der Waals surface area (Å²) >= 11 is 1.55. The predicted molar refractivity (Wildman–Crippen MR) is 68.9 cm³/mol. The molecule has 0 spiro atoms. The van der Waals surface area contributed by atoms with E-state index in [1.807, 2.05) is 16.8 Å². The Morgan fingerprint density at radius 2 is 2.41 bits per heavy atom. The largest absolute Gasteiger partial charge is 0.384 e. The molecule has 1 amide bonds. The highest BCUT2D eigenvalue weighted by atomic mass is 32.1. The standard InChI is InChI=1S/C13H19NO2S/c1-13(16,11-6-7-17-8-11)9-14-12(15)5-4-10-2-3-10/h6-8,10,16H,2-5,9H2,1H3,(H,14,15). The molecule has 3 nitrogen and oxygen atoms in total. The second-order valence-corrected chi connectivity index (χ2v) is 5.82. The summed E-state index contributed by atoms with van der Waals surface area (Å²) in [5.74, 6) is 0.825. The van der Waals surface area contributed by atoms with Crippen LogP contribution in [-0.2, 0) is 10.4 Å². The molecule has 0 aliphatic heterocycles. The first-order valence-electron chi connectivity index (χ1n) is 6.10. The van der Waals surface area contributed by atoms with E-state index in [0.717, 1.165) is 17.9 Å². The smallest absolute Gasteiger partial charge is 0.220 e. The third-order valence-corrected chi connectivity index (χ3v) is 3.93. The molecule has 1 heterocycles. The molecule has 1 atom stereocenters. The Balaban J connectivity index is 1.74. The zero-order chi connectivity index (χ0) is 12.3. The van der Waals surface area contributed by atoms with Crippen LogP contribution >= 0.6 is 11.3 Å². The molecule has 1 aromatic rings. The van der Waals surface area contributed by atoms with Crippen molar-refractivity contribution in [3.05, 3.63) is 22.4 Å². The Kier molecular flexibility index (Phi) is 3.84. The number of carbonyl (C=O) groups excluding carboxylic acids is 1. The van der Waals surface area contributed by atoms with Gasteiger partial charge in [0.2, 0.25) is 5.91 Å². The van der Waals surface area contributed by atoms with E-state index in [9.17, 15) is 9.90 Å². The minimum Gasteiger partial charge on any atom is -0.384 e. The first kappa shape index (κ1) is 12.6. The lowest BCUT2D eigenvalue weighted by molar-refractivity contribution is -0.122. The zero-order valence-electron chi connectivity index (χ0n) is 10.1. The lowest BCUT2D eigenvalue weighted by Gasteiger charge is -2.22. The second-order valence-electron chi connectivity index (χ2n) is 5.04. The molecule has 0 bridgehead atoms. The number of rotatable bonds is 6. The first-order valence-corrected chi connectivity index (χ1v) is 7.04. The maximum absolute atomic E-state index is 11.6. The fourth-order valence-corrected chi connectivity index (χ4v) is 2.56. The van der Waals surface area contributed by atoms with Crippen LogP contribution in [0.25, 0.3) is 0 Å². The molecule has 2 rings (SSSR count). The molecule has 1 aliphatic rings. The average molecular weight is 253 g/mol. The highest BCUT2D eigenvalue weighted by Gasteiger charge is 2.25. The predicted octanol–water partition coefficient (Wildman–Crippen LogP) is 2.26. The summed E-state index contributed by atoms with van der Waals surface area (Å²) in [5, 5.41) is 16.9. The summed E-state index contributed by atoms with van der Waals surface area (Å²) in [4.78, 5) is 11.6. The Bertz CT molecular complexity index is 369. The van der Waals surface area contributed by atoms with Crippen molar-refractivity contribution < 1.29 is 9.90 Å². The number of carbonyl (C=O) groups is 1. The summed E-state index contributed by atoms with van der Waals surface area (Å²) in [7, 11) is 0.